The molecule has 0 aliphatic heterocycles. The molecule has 0 saturated carbocycles. The average Bonchev–Trinajstić information content (AvgIpc) is 3.25. The summed E-state index contributed by atoms with van der Waals surface area (Å²) in [5.74, 6) is -0.572. The molecular weight excluding hydrogens is 346 g/mol. The molecule has 136 valence electrons. The van der Waals surface area contributed by atoms with E-state index in [-0.39, 0.29) is 12.5 Å². The summed E-state index contributed by atoms with van der Waals surface area (Å²) in [4.78, 5) is 26.2. The number of benzene rings is 2. The molecule has 0 N–H and O–H groups in total. The Balaban J connectivity index is 1.62. The third kappa shape index (κ3) is 4.46. The van der Waals surface area contributed by atoms with E-state index in [2.05, 4.69) is 16.8 Å². The van der Waals surface area contributed by atoms with Crippen LogP contribution < -0.4 is 4.90 Å². The van der Waals surface area contributed by atoms with Crippen LogP contribution in [-0.4, -0.2) is 35.2 Å². The van der Waals surface area contributed by atoms with Crippen LogP contribution in [-0.2, 0) is 9.53 Å². The van der Waals surface area contributed by atoms with Gasteiger partial charge in [-0.15, -0.1) is 16.8 Å². The monoisotopic (exact) mass is 363 g/mol. The van der Waals surface area contributed by atoms with E-state index in [1.807, 2.05) is 18.2 Å². The first-order valence-electron chi connectivity index (χ1n) is 8.19. The highest BCUT2D eigenvalue weighted by Crippen LogP contribution is 2.17. The van der Waals surface area contributed by atoms with Gasteiger partial charge in [0.1, 0.15) is 0 Å². The first kappa shape index (κ1) is 18.1. The summed E-state index contributed by atoms with van der Waals surface area (Å²) in [5, 5.41) is 7.40. The molecule has 7 nitrogen and oxygen atoms in total. The third-order valence-corrected chi connectivity index (χ3v) is 3.73. The highest BCUT2D eigenvalue weighted by Gasteiger charge is 2.17. The number of hydrogen-bond donors (Lipinski definition) is 0. The second kappa shape index (κ2) is 8.57. The lowest BCUT2D eigenvalue weighted by Crippen LogP contribution is -2.34. The standard InChI is InChI=1S/C20H17N3O4/c1-2-12-23(17-6-4-3-5-7-17)18(24)13-26-20(25)16-10-8-15(9-11-16)19-22-21-14-27-19/h2-11,14H,1,12-13H2. The molecule has 2 aromatic carbocycles. The Labute approximate surface area is 155 Å². The van der Waals surface area contributed by atoms with Crippen molar-refractivity contribution in [3.8, 4) is 11.5 Å². The van der Waals surface area contributed by atoms with E-state index in [1.54, 1.807) is 42.5 Å². The lowest BCUT2D eigenvalue weighted by molar-refractivity contribution is -0.121. The van der Waals surface area contributed by atoms with Crippen LogP contribution in [0.2, 0.25) is 0 Å². The van der Waals surface area contributed by atoms with Gasteiger partial charge in [0, 0.05) is 17.8 Å². The van der Waals surface area contributed by atoms with Gasteiger partial charge < -0.3 is 14.1 Å². The number of carbonyl (C=O) groups excluding carboxylic acids is 2. The van der Waals surface area contributed by atoms with Crippen molar-refractivity contribution in [2.75, 3.05) is 18.1 Å². The lowest BCUT2D eigenvalue weighted by atomic mass is 10.1. The van der Waals surface area contributed by atoms with Gasteiger partial charge in [-0.1, -0.05) is 24.3 Å². The van der Waals surface area contributed by atoms with Crippen LogP contribution in [0.5, 0.6) is 0 Å². The molecule has 0 radical (unpaired) electrons. The number of aromatic nitrogens is 2. The zero-order valence-electron chi connectivity index (χ0n) is 14.4. The summed E-state index contributed by atoms with van der Waals surface area (Å²) >= 11 is 0. The number of para-hydroxylation sites is 1. The second-order valence-electron chi connectivity index (χ2n) is 5.53. The first-order chi connectivity index (χ1) is 13.2. The van der Waals surface area contributed by atoms with E-state index in [1.165, 1.54) is 11.3 Å². The fourth-order valence-electron chi connectivity index (χ4n) is 2.42. The minimum atomic E-state index is -0.591. The van der Waals surface area contributed by atoms with E-state index >= 15 is 0 Å². The van der Waals surface area contributed by atoms with Crippen LogP contribution in [0.3, 0.4) is 0 Å². The van der Waals surface area contributed by atoms with E-state index < -0.39 is 5.97 Å². The van der Waals surface area contributed by atoms with Gasteiger partial charge >= 0.3 is 5.97 Å². The highest BCUT2D eigenvalue weighted by atomic mass is 16.5. The van der Waals surface area contributed by atoms with Gasteiger partial charge in [0.2, 0.25) is 12.3 Å². The number of anilines is 1. The molecule has 0 bridgehead atoms. The SMILES string of the molecule is C=CCN(C(=O)COC(=O)c1ccc(-c2nnco2)cc1)c1ccccc1. The van der Waals surface area contributed by atoms with E-state index in [4.69, 9.17) is 9.15 Å². The zero-order valence-corrected chi connectivity index (χ0v) is 14.4. The molecule has 0 saturated heterocycles. The van der Waals surface area contributed by atoms with Crippen molar-refractivity contribution < 1.29 is 18.7 Å². The van der Waals surface area contributed by atoms with E-state index in [0.717, 1.165) is 0 Å². The first-order valence-corrected chi connectivity index (χ1v) is 8.19. The minimum absolute atomic E-state index is 0.319. The number of esters is 1. The topological polar surface area (TPSA) is 85.5 Å². The van der Waals surface area contributed by atoms with Gasteiger partial charge in [-0.05, 0) is 36.4 Å². The average molecular weight is 363 g/mol. The van der Waals surface area contributed by atoms with Crippen molar-refractivity contribution in [2.24, 2.45) is 0 Å². The molecule has 0 fully saturated rings. The minimum Gasteiger partial charge on any atom is -0.452 e. The molecule has 0 aliphatic carbocycles. The van der Waals surface area contributed by atoms with Crippen LogP contribution in [0, 0.1) is 0 Å². The van der Waals surface area contributed by atoms with Crippen molar-refractivity contribution >= 4 is 17.6 Å². The second-order valence-corrected chi connectivity index (χ2v) is 5.53. The molecule has 3 aromatic rings. The molecule has 0 spiro atoms. The summed E-state index contributed by atoms with van der Waals surface area (Å²) in [7, 11) is 0. The lowest BCUT2D eigenvalue weighted by Gasteiger charge is -2.21. The predicted octanol–water partition coefficient (Wildman–Crippen LogP) is 3.11. The van der Waals surface area contributed by atoms with E-state index in [0.29, 0.717) is 29.2 Å². The maximum atomic E-state index is 12.5. The Morgan fingerprint density at radius 3 is 2.48 bits per heavy atom. The van der Waals surface area contributed by atoms with Gasteiger partial charge in [-0.25, -0.2) is 4.79 Å². The zero-order chi connectivity index (χ0) is 19.1. The van der Waals surface area contributed by atoms with Crippen molar-refractivity contribution in [2.45, 2.75) is 0 Å². The Kier molecular flexibility index (Phi) is 5.73. The predicted molar refractivity (Wildman–Crippen MR) is 99.0 cm³/mol. The van der Waals surface area contributed by atoms with Crippen LogP contribution in [0.25, 0.3) is 11.5 Å². The number of rotatable bonds is 7. The van der Waals surface area contributed by atoms with Crippen LogP contribution in [0.15, 0.2) is 78.1 Å². The highest BCUT2D eigenvalue weighted by molar-refractivity contribution is 5.97. The molecule has 0 atom stereocenters. The van der Waals surface area contributed by atoms with Crippen molar-refractivity contribution in [3.63, 3.8) is 0 Å². The summed E-state index contributed by atoms with van der Waals surface area (Å²) < 4.78 is 10.2. The molecule has 0 unspecified atom stereocenters. The Morgan fingerprint density at radius 1 is 1.11 bits per heavy atom. The van der Waals surface area contributed by atoms with Gasteiger partial charge in [0.15, 0.2) is 6.61 Å². The summed E-state index contributed by atoms with van der Waals surface area (Å²) in [6.45, 7) is 3.61. The molecule has 3 rings (SSSR count). The molecule has 0 aliphatic rings. The Hall–Kier alpha value is -3.74. The van der Waals surface area contributed by atoms with Crippen molar-refractivity contribution in [3.05, 3.63) is 79.2 Å². The summed E-state index contributed by atoms with van der Waals surface area (Å²) in [5.41, 5.74) is 1.71. The summed E-state index contributed by atoms with van der Waals surface area (Å²) in [6, 6.07) is 15.6. The molecule has 1 aromatic heterocycles. The van der Waals surface area contributed by atoms with Crippen LogP contribution in [0.4, 0.5) is 5.69 Å². The van der Waals surface area contributed by atoms with Crippen LogP contribution in [0.1, 0.15) is 10.4 Å². The van der Waals surface area contributed by atoms with Gasteiger partial charge in [0.05, 0.1) is 5.56 Å². The fraction of sp³-hybridized carbons (Fsp3) is 0.100. The van der Waals surface area contributed by atoms with Crippen LogP contribution >= 0.6 is 0 Å². The number of ether oxygens (including phenoxy) is 1. The number of hydrogen-bond acceptors (Lipinski definition) is 6. The number of nitrogens with zero attached hydrogens (tertiary/aromatic N) is 3. The molecule has 7 heteroatoms. The number of carbonyl (C=O) groups is 2. The Morgan fingerprint density at radius 2 is 1.85 bits per heavy atom. The molecule has 1 heterocycles. The van der Waals surface area contributed by atoms with Crippen molar-refractivity contribution in [1.29, 1.82) is 0 Å². The van der Waals surface area contributed by atoms with E-state index in [9.17, 15) is 9.59 Å². The maximum absolute atomic E-state index is 12.5. The maximum Gasteiger partial charge on any atom is 0.338 e. The third-order valence-electron chi connectivity index (χ3n) is 3.73. The van der Waals surface area contributed by atoms with Gasteiger partial charge in [-0.2, -0.15) is 0 Å². The number of amides is 1. The summed E-state index contributed by atoms with van der Waals surface area (Å²) in [6.07, 6.45) is 2.84. The van der Waals surface area contributed by atoms with Gasteiger partial charge in [0.25, 0.3) is 5.91 Å². The largest absolute Gasteiger partial charge is 0.452 e. The van der Waals surface area contributed by atoms with Crippen molar-refractivity contribution in [1.82, 2.24) is 10.2 Å². The fourth-order valence-corrected chi connectivity index (χ4v) is 2.42. The Bertz CT molecular complexity index is 906. The molecule has 27 heavy (non-hydrogen) atoms. The quantitative estimate of drug-likeness (QED) is 0.474. The smallest absolute Gasteiger partial charge is 0.338 e. The normalized spacial score (nSPS) is 10.2. The van der Waals surface area contributed by atoms with Gasteiger partial charge in [-0.3, -0.25) is 4.79 Å². The molecule has 1 amide bonds. The molecular formula is C20H17N3O4.